The number of pyridine rings is 1. The molecule has 0 unspecified atom stereocenters. The van der Waals surface area contributed by atoms with Crippen LogP contribution in [0.2, 0.25) is 0 Å². The van der Waals surface area contributed by atoms with Crippen LogP contribution in [-0.4, -0.2) is 52.0 Å². The highest BCUT2D eigenvalue weighted by atomic mass is 19.4. The molecule has 1 heterocycles. The van der Waals surface area contributed by atoms with Crippen molar-refractivity contribution in [2.75, 3.05) is 5.32 Å². The second-order valence-electron chi connectivity index (χ2n) is 9.33. The number of nitrogens with zero attached hydrogens (tertiary/aromatic N) is 1. The van der Waals surface area contributed by atoms with Gasteiger partial charge in [-0.3, -0.25) is 9.59 Å². The number of anilines is 1. The maximum Gasteiger partial charge on any atom is 0.573 e. The van der Waals surface area contributed by atoms with Gasteiger partial charge in [-0.15, -0.1) is 13.2 Å². The van der Waals surface area contributed by atoms with Crippen LogP contribution in [0.15, 0.2) is 48.7 Å². The number of alkyl halides is 6. The number of aromatic nitrogens is 1. The summed E-state index contributed by atoms with van der Waals surface area (Å²) < 4.78 is 94.7. The Labute approximate surface area is 226 Å². The number of nitrogens with one attached hydrogen (secondary N) is 1. The van der Waals surface area contributed by atoms with Gasteiger partial charge in [0, 0.05) is 11.4 Å². The molecule has 17 heteroatoms. The number of hydrogen-bond acceptors (Lipinski definition) is 6. The SMILES string of the molecule is BC(B)(B)Oc1cc(OC(F)(F)F)ccc1Oc1ccc(C(F)(F)F)c(C)c1C(=O)Nc1ccc(C(N)=O)nc1. The van der Waals surface area contributed by atoms with Crippen molar-refractivity contribution in [3.63, 3.8) is 0 Å². The summed E-state index contributed by atoms with van der Waals surface area (Å²) in [5, 5.41) is 1.45. The first-order chi connectivity index (χ1) is 18.3. The number of primary amides is 1. The third-order valence-corrected chi connectivity index (χ3v) is 5.02. The molecule has 208 valence electrons. The third kappa shape index (κ3) is 7.86. The van der Waals surface area contributed by atoms with E-state index in [0.717, 1.165) is 37.4 Å². The van der Waals surface area contributed by atoms with Gasteiger partial charge in [-0.25, -0.2) is 4.98 Å². The summed E-state index contributed by atoms with van der Waals surface area (Å²) in [7, 11) is 4.81. The van der Waals surface area contributed by atoms with Crippen molar-refractivity contribution in [3.8, 4) is 23.0 Å². The molecule has 0 aliphatic carbocycles. The number of nitrogens with two attached hydrogens (primary N) is 1. The standard InChI is InChI=1S/C23H20B3F6N3O5/c1-10-13(21(27,28)29)4-7-16(18(10)20(37)35-11-2-5-14(19(33)36)34-9-11)38-15-6-3-12(39-23(30,31)32)8-17(15)40-22(24,25)26/h2-9H,24-26H2,1H3,(H2,33,36)(H,35,37). The normalized spacial score (nSPS) is 12.0. The van der Waals surface area contributed by atoms with Crippen LogP contribution in [0.3, 0.4) is 0 Å². The predicted octanol–water partition coefficient (Wildman–Crippen LogP) is 2.34. The monoisotopic (exact) mass is 565 g/mol. The Morgan fingerprint density at radius 3 is 2.08 bits per heavy atom. The topological polar surface area (TPSA) is 113 Å². The van der Waals surface area contributed by atoms with Crippen LogP contribution in [0.25, 0.3) is 0 Å². The first-order valence-corrected chi connectivity index (χ1v) is 11.4. The van der Waals surface area contributed by atoms with Crippen LogP contribution in [0.4, 0.5) is 32.0 Å². The van der Waals surface area contributed by atoms with Crippen LogP contribution >= 0.6 is 0 Å². The Balaban J connectivity index is 2.08. The smallest absolute Gasteiger partial charge is 0.510 e. The Hall–Kier alpha value is -4.30. The molecule has 0 fully saturated rings. The lowest BCUT2D eigenvalue weighted by atomic mass is 9.52. The first kappa shape index (κ1) is 30.2. The molecule has 2 amide bonds. The number of carbonyl (C=O) groups is 2. The fraction of sp³-hybridized carbons (Fsp3) is 0.174. The van der Waals surface area contributed by atoms with Crippen LogP contribution in [-0.2, 0) is 6.18 Å². The molecule has 0 atom stereocenters. The number of ether oxygens (including phenoxy) is 3. The highest BCUT2D eigenvalue weighted by Gasteiger charge is 2.36. The molecule has 2 aromatic carbocycles. The van der Waals surface area contributed by atoms with Crippen molar-refractivity contribution >= 4 is 41.0 Å². The van der Waals surface area contributed by atoms with E-state index in [2.05, 4.69) is 15.0 Å². The average Bonchev–Trinajstić information content (AvgIpc) is 2.78. The Morgan fingerprint density at radius 1 is 0.900 bits per heavy atom. The van der Waals surface area contributed by atoms with Crippen molar-refractivity contribution in [1.29, 1.82) is 0 Å². The number of amides is 2. The zero-order valence-electron chi connectivity index (χ0n) is 21.5. The molecule has 0 aliphatic rings. The largest absolute Gasteiger partial charge is 0.573 e. The molecule has 3 aromatic rings. The number of halogens is 6. The second kappa shape index (κ2) is 11.1. The molecule has 1 aromatic heterocycles. The summed E-state index contributed by atoms with van der Waals surface area (Å²) in [6.45, 7) is 1.06. The van der Waals surface area contributed by atoms with Gasteiger partial charge in [0.05, 0.1) is 23.0 Å². The first-order valence-electron chi connectivity index (χ1n) is 11.4. The number of benzene rings is 2. The summed E-state index contributed by atoms with van der Waals surface area (Å²) in [6.07, 6.45) is -8.74. The number of carbonyl (C=O) groups excluding carboxylic acids is 2. The average molecular weight is 565 g/mol. The maximum absolute atomic E-state index is 13.7. The van der Waals surface area contributed by atoms with Gasteiger partial charge in [-0.2, -0.15) is 13.2 Å². The molecule has 8 nitrogen and oxygen atoms in total. The van der Waals surface area contributed by atoms with Gasteiger partial charge in [-0.1, -0.05) is 0 Å². The van der Waals surface area contributed by atoms with Gasteiger partial charge in [0.15, 0.2) is 11.5 Å². The third-order valence-electron chi connectivity index (χ3n) is 5.02. The molecule has 0 aliphatic heterocycles. The Bertz CT molecular complexity index is 1430. The van der Waals surface area contributed by atoms with E-state index in [4.69, 9.17) is 15.2 Å². The fourth-order valence-corrected chi connectivity index (χ4v) is 3.47. The van der Waals surface area contributed by atoms with Gasteiger partial charge in [0.1, 0.15) is 40.7 Å². The van der Waals surface area contributed by atoms with Crippen molar-refractivity contribution in [3.05, 3.63) is 71.0 Å². The van der Waals surface area contributed by atoms with Crippen molar-refractivity contribution in [2.45, 2.75) is 24.8 Å². The van der Waals surface area contributed by atoms with E-state index in [1.807, 2.05) is 0 Å². The van der Waals surface area contributed by atoms with E-state index in [9.17, 15) is 35.9 Å². The van der Waals surface area contributed by atoms with Crippen LogP contribution in [0.1, 0.15) is 32.0 Å². The van der Waals surface area contributed by atoms with Crippen LogP contribution in [0, 0.1) is 6.92 Å². The molecular weight excluding hydrogens is 545 g/mol. The number of rotatable bonds is 8. The van der Waals surface area contributed by atoms with Crippen molar-refractivity contribution in [2.24, 2.45) is 5.73 Å². The lowest BCUT2D eigenvalue weighted by molar-refractivity contribution is -0.274. The Kier molecular flexibility index (Phi) is 8.36. The maximum atomic E-state index is 13.7. The summed E-state index contributed by atoms with van der Waals surface area (Å²) >= 11 is 0. The molecule has 3 rings (SSSR count). The molecule has 0 saturated carbocycles. The van der Waals surface area contributed by atoms with Gasteiger partial charge in [0.25, 0.3) is 11.8 Å². The number of hydrogen-bond donors (Lipinski definition) is 2. The molecule has 0 saturated heterocycles. The summed E-state index contributed by atoms with van der Waals surface area (Å²) in [5.41, 5.74) is 2.92. The van der Waals surface area contributed by atoms with E-state index in [0.29, 0.717) is 6.07 Å². The van der Waals surface area contributed by atoms with E-state index in [-0.39, 0.29) is 28.6 Å². The molecular formula is C23H20B3F6N3O5. The van der Waals surface area contributed by atoms with E-state index >= 15 is 0 Å². The highest BCUT2D eigenvalue weighted by molar-refractivity contribution is 6.58. The Morgan fingerprint density at radius 2 is 1.55 bits per heavy atom. The molecule has 40 heavy (non-hydrogen) atoms. The second-order valence-corrected chi connectivity index (χ2v) is 9.33. The zero-order chi connectivity index (χ0) is 30.0. The lowest BCUT2D eigenvalue weighted by Crippen LogP contribution is -2.37. The van der Waals surface area contributed by atoms with Crippen LogP contribution in [0.5, 0.6) is 23.0 Å². The minimum atomic E-state index is -5.00. The van der Waals surface area contributed by atoms with Gasteiger partial charge in [0.2, 0.25) is 0 Å². The minimum Gasteiger partial charge on any atom is -0.510 e. The minimum absolute atomic E-state index is 0.0307. The van der Waals surface area contributed by atoms with Crippen LogP contribution < -0.4 is 25.3 Å². The van der Waals surface area contributed by atoms with E-state index in [1.165, 1.54) is 12.1 Å². The van der Waals surface area contributed by atoms with Gasteiger partial charge >= 0.3 is 12.5 Å². The summed E-state index contributed by atoms with van der Waals surface area (Å²) in [5.74, 6) is -3.28. The zero-order valence-corrected chi connectivity index (χ0v) is 21.5. The van der Waals surface area contributed by atoms with Gasteiger partial charge in [-0.05, 0) is 48.9 Å². The molecule has 0 bridgehead atoms. The molecule has 0 radical (unpaired) electrons. The van der Waals surface area contributed by atoms with Crippen molar-refractivity contribution in [1.82, 2.24) is 4.98 Å². The fourth-order valence-electron chi connectivity index (χ4n) is 3.47. The van der Waals surface area contributed by atoms with E-state index < -0.39 is 52.1 Å². The molecule has 3 N–H and O–H groups in total. The van der Waals surface area contributed by atoms with Gasteiger partial charge < -0.3 is 25.3 Å². The van der Waals surface area contributed by atoms with Crippen molar-refractivity contribution < 1.29 is 50.1 Å². The van der Waals surface area contributed by atoms with E-state index in [1.54, 1.807) is 23.5 Å². The predicted molar refractivity (Wildman–Crippen MR) is 139 cm³/mol. The highest BCUT2D eigenvalue weighted by Crippen LogP contribution is 2.41. The molecule has 0 spiro atoms. The summed E-state index contributed by atoms with van der Waals surface area (Å²) in [6, 6.07) is 6.95. The summed E-state index contributed by atoms with van der Waals surface area (Å²) in [4.78, 5) is 28.2. The quantitative estimate of drug-likeness (QED) is 0.321. The lowest BCUT2D eigenvalue weighted by Gasteiger charge is -2.25.